The van der Waals surface area contributed by atoms with Crippen LogP contribution in [0.2, 0.25) is 0 Å². The van der Waals surface area contributed by atoms with Crippen molar-refractivity contribution in [3.63, 3.8) is 0 Å². The van der Waals surface area contributed by atoms with Gasteiger partial charge in [-0.3, -0.25) is 4.79 Å². The van der Waals surface area contributed by atoms with E-state index in [-0.39, 0.29) is 11.4 Å². The molecule has 0 unspecified atom stereocenters. The van der Waals surface area contributed by atoms with Gasteiger partial charge in [-0.25, -0.2) is 0 Å². The number of nitrogens with one attached hydrogen (secondary N) is 1. The second kappa shape index (κ2) is 4.29. The average molecular weight is 169 g/mol. The number of hydrogen-bond donors (Lipinski definition) is 1. The summed E-state index contributed by atoms with van der Waals surface area (Å²) in [6, 6.07) is 0. The minimum absolute atomic E-state index is 0.0966. The molecule has 0 spiro atoms. The third-order valence-electron chi connectivity index (χ3n) is 1.57. The van der Waals surface area contributed by atoms with Gasteiger partial charge >= 0.3 is 0 Å². The van der Waals surface area contributed by atoms with E-state index in [2.05, 4.69) is 25.7 Å². The van der Waals surface area contributed by atoms with E-state index in [1.165, 1.54) is 6.08 Å². The Morgan fingerprint density at radius 3 is 2.42 bits per heavy atom. The summed E-state index contributed by atoms with van der Waals surface area (Å²) in [5, 5.41) is 2.88. The van der Waals surface area contributed by atoms with Crippen LogP contribution in [-0.2, 0) is 4.79 Å². The molecule has 0 aromatic rings. The topological polar surface area (TPSA) is 29.1 Å². The van der Waals surface area contributed by atoms with E-state index >= 15 is 0 Å². The fourth-order valence-electron chi connectivity index (χ4n) is 1.46. The van der Waals surface area contributed by atoms with Gasteiger partial charge in [0, 0.05) is 5.54 Å². The molecule has 2 heteroatoms. The van der Waals surface area contributed by atoms with Crippen LogP contribution in [0.5, 0.6) is 0 Å². The first kappa shape index (κ1) is 11.2. The second-order valence-corrected chi connectivity index (χ2v) is 4.18. The monoisotopic (exact) mass is 169 g/mol. The van der Waals surface area contributed by atoms with Crippen molar-refractivity contribution in [1.82, 2.24) is 5.32 Å². The summed E-state index contributed by atoms with van der Waals surface area (Å²) < 4.78 is 0. The SMILES string of the molecule is C=CC(=O)NC(C)(C)CC(C)C. The molecule has 2 nitrogen and oxygen atoms in total. The van der Waals surface area contributed by atoms with E-state index < -0.39 is 0 Å². The molecule has 0 aromatic carbocycles. The number of hydrogen-bond acceptors (Lipinski definition) is 1. The van der Waals surface area contributed by atoms with Crippen LogP contribution < -0.4 is 5.32 Å². The van der Waals surface area contributed by atoms with Crippen molar-refractivity contribution < 1.29 is 4.79 Å². The largest absolute Gasteiger partial charge is 0.348 e. The molecular formula is C10H19NO. The molecule has 0 rings (SSSR count). The van der Waals surface area contributed by atoms with Gasteiger partial charge in [0.05, 0.1) is 0 Å². The second-order valence-electron chi connectivity index (χ2n) is 4.18. The predicted octanol–water partition coefficient (Wildman–Crippen LogP) is 2.11. The highest BCUT2D eigenvalue weighted by molar-refractivity contribution is 5.87. The van der Waals surface area contributed by atoms with Crippen molar-refractivity contribution in [2.24, 2.45) is 5.92 Å². The van der Waals surface area contributed by atoms with Crippen LogP contribution in [0.1, 0.15) is 34.1 Å². The Hall–Kier alpha value is -0.790. The zero-order chi connectivity index (χ0) is 9.78. The van der Waals surface area contributed by atoms with E-state index in [1.54, 1.807) is 0 Å². The molecule has 0 radical (unpaired) electrons. The fraction of sp³-hybridized carbons (Fsp3) is 0.700. The van der Waals surface area contributed by atoms with Crippen LogP contribution in [0.4, 0.5) is 0 Å². The minimum Gasteiger partial charge on any atom is -0.348 e. The van der Waals surface area contributed by atoms with Crippen molar-refractivity contribution in [2.45, 2.75) is 39.7 Å². The van der Waals surface area contributed by atoms with Crippen molar-refractivity contribution in [1.29, 1.82) is 0 Å². The summed E-state index contributed by atoms with van der Waals surface area (Å²) in [4.78, 5) is 11.0. The van der Waals surface area contributed by atoms with E-state index in [9.17, 15) is 4.79 Å². The number of carbonyl (C=O) groups is 1. The summed E-state index contributed by atoms with van der Waals surface area (Å²) in [5.74, 6) is 0.491. The quantitative estimate of drug-likeness (QED) is 0.642. The summed E-state index contributed by atoms with van der Waals surface area (Å²) in [6.07, 6.45) is 2.29. The number of rotatable bonds is 4. The van der Waals surface area contributed by atoms with E-state index in [4.69, 9.17) is 0 Å². The van der Waals surface area contributed by atoms with Gasteiger partial charge < -0.3 is 5.32 Å². The summed E-state index contributed by atoms with van der Waals surface area (Å²) >= 11 is 0. The van der Waals surface area contributed by atoms with Crippen molar-refractivity contribution in [3.05, 3.63) is 12.7 Å². The molecule has 12 heavy (non-hydrogen) atoms. The maximum Gasteiger partial charge on any atom is 0.243 e. The Labute approximate surface area is 75.0 Å². The van der Waals surface area contributed by atoms with E-state index in [0.29, 0.717) is 5.92 Å². The lowest BCUT2D eigenvalue weighted by atomic mass is 9.93. The maximum atomic E-state index is 11.0. The van der Waals surface area contributed by atoms with Crippen molar-refractivity contribution >= 4 is 5.91 Å². The van der Waals surface area contributed by atoms with Crippen LogP contribution in [0.3, 0.4) is 0 Å². The maximum absolute atomic E-state index is 11.0. The van der Waals surface area contributed by atoms with Gasteiger partial charge in [-0.05, 0) is 32.3 Å². The van der Waals surface area contributed by atoms with Crippen LogP contribution >= 0.6 is 0 Å². The summed E-state index contributed by atoms with van der Waals surface area (Å²) in [6.45, 7) is 11.7. The molecule has 0 saturated heterocycles. The molecule has 0 fully saturated rings. The number of carbonyl (C=O) groups excluding carboxylic acids is 1. The molecule has 0 aromatic heterocycles. The molecule has 0 saturated carbocycles. The highest BCUT2D eigenvalue weighted by atomic mass is 16.1. The lowest BCUT2D eigenvalue weighted by Crippen LogP contribution is -2.43. The van der Waals surface area contributed by atoms with Gasteiger partial charge in [-0.15, -0.1) is 0 Å². The zero-order valence-corrected chi connectivity index (χ0v) is 8.48. The van der Waals surface area contributed by atoms with Gasteiger partial charge in [-0.1, -0.05) is 20.4 Å². The summed E-state index contributed by atoms with van der Waals surface area (Å²) in [5.41, 5.74) is -0.126. The highest BCUT2D eigenvalue weighted by Crippen LogP contribution is 2.15. The average Bonchev–Trinajstić information content (AvgIpc) is 1.83. The lowest BCUT2D eigenvalue weighted by molar-refractivity contribution is -0.118. The smallest absolute Gasteiger partial charge is 0.243 e. The van der Waals surface area contributed by atoms with Gasteiger partial charge in [-0.2, -0.15) is 0 Å². The van der Waals surface area contributed by atoms with E-state index in [0.717, 1.165) is 6.42 Å². The zero-order valence-electron chi connectivity index (χ0n) is 8.48. The van der Waals surface area contributed by atoms with Gasteiger partial charge in [0.25, 0.3) is 0 Å². The standard InChI is InChI=1S/C10H19NO/c1-6-9(12)11-10(4,5)7-8(2)3/h6,8H,1,7H2,2-5H3,(H,11,12). The predicted molar refractivity (Wildman–Crippen MR) is 51.9 cm³/mol. The number of amides is 1. The molecular weight excluding hydrogens is 150 g/mol. The molecule has 0 bridgehead atoms. The Kier molecular flexibility index (Phi) is 4.01. The fourth-order valence-corrected chi connectivity index (χ4v) is 1.46. The van der Waals surface area contributed by atoms with Crippen LogP contribution in [0.15, 0.2) is 12.7 Å². The lowest BCUT2D eigenvalue weighted by Gasteiger charge is -2.27. The van der Waals surface area contributed by atoms with E-state index in [1.807, 2.05) is 13.8 Å². The molecule has 0 aliphatic carbocycles. The van der Waals surface area contributed by atoms with Crippen LogP contribution in [0.25, 0.3) is 0 Å². The molecule has 1 amide bonds. The third-order valence-corrected chi connectivity index (χ3v) is 1.57. The first-order valence-electron chi connectivity index (χ1n) is 4.32. The Morgan fingerprint density at radius 2 is 2.08 bits per heavy atom. The van der Waals surface area contributed by atoms with Gasteiger partial charge in [0.2, 0.25) is 5.91 Å². The first-order valence-corrected chi connectivity index (χ1v) is 4.32. The van der Waals surface area contributed by atoms with Gasteiger partial charge in [0.15, 0.2) is 0 Å². The Morgan fingerprint density at radius 1 is 1.58 bits per heavy atom. The molecule has 0 atom stereocenters. The molecule has 0 heterocycles. The first-order chi connectivity index (χ1) is 5.37. The highest BCUT2D eigenvalue weighted by Gasteiger charge is 2.19. The Bertz CT molecular complexity index is 171. The molecule has 1 N–H and O–H groups in total. The van der Waals surface area contributed by atoms with Crippen molar-refractivity contribution in [2.75, 3.05) is 0 Å². The third kappa shape index (κ3) is 4.94. The molecule has 0 aliphatic rings. The normalized spacial score (nSPS) is 11.4. The van der Waals surface area contributed by atoms with Crippen LogP contribution in [-0.4, -0.2) is 11.4 Å². The molecule has 70 valence electrons. The minimum atomic E-state index is -0.126. The van der Waals surface area contributed by atoms with Crippen molar-refractivity contribution in [3.8, 4) is 0 Å². The molecule has 0 aliphatic heterocycles. The van der Waals surface area contributed by atoms with Gasteiger partial charge in [0.1, 0.15) is 0 Å². The van der Waals surface area contributed by atoms with Crippen LogP contribution in [0, 0.1) is 5.92 Å². The summed E-state index contributed by atoms with van der Waals surface area (Å²) in [7, 11) is 0. The Balaban J connectivity index is 4.02.